The van der Waals surface area contributed by atoms with Crippen molar-refractivity contribution in [2.75, 3.05) is 26.9 Å². The van der Waals surface area contributed by atoms with Gasteiger partial charge in [-0.25, -0.2) is 28.8 Å². The van der Waals surface area contributed by atoms with E-state index in [0.717, 1.165) is 41.9 Å². The van der Waals surface area contributed by atoms with Gasteiger partial charge in [-0.2, -0.15) is 0 Å². The van der Waals surface area contributed by atoms with Crippen LogP contribution in [0, 0.1) is 34.6 Å². The van der Waals surface area contributed by atoms with E-state index in [1.165, 1.54) is 60.7 Å². The minimum absolute atomic E-state index is 0.0144. The number of hydrogen-bond donors (Lipinski definition) is 6. The van der Waals surface area contributed by atoms with Crippen molar-refractivity contribution in [3.05, 3.63) is 213 Å². The predicted octanol–water partition coefficient (Wildman–Crippen LogP) is 4.96. The van der Waals surface area contributed by atoms with Crippen molar-refractivity contribution in [1.82, 2.24) is 5.32 Å². The molecule has 25 nitrogen and oxygen atoms in total. The maximum atomic E-state index is 14.9. The highest BCUT2D eigenvalue weighted by Crippen LogP contribution is 2.39. The summed E-state index contributed by atoms with van der Waals surface area (Å²) < 4.78 is 75.8. The number of amides is 1. The van der Waals surface area contributed by atoms with E-state index in [1.54, 1.807) is 119 Å². The molecule has 3 aliphatic heterocycles. The van der Waals surface area contributed by atoms with Crippen molar-refractivity contribution in [3.8, 4) is 0 Å². The van der Waals surface area contributed by atoms with Crippen molar-refractivity contribution in [2.24, 2.45) is 0 Å². The summed E-state index contributed by atoms with van der Waals surface area (Å²) in [6.45, 7) is 6.88. The maximum absolute atomic E-state index is 14.9. The van der Waals surface area contributed by atoms with Gasteiger partial charge in [0.1, 0.15) is 49.3 Å². The first-order chi connectivity index (χ1) is 45.9. The number of ether oxygens (including phenoxy) is 12. The monoisotopic (exact) mass is 1330 g/mol. The Kier molecular flexibility index (Phi) is 24.0. The van der Waals surface area contributed by atoms with Crippen LogP contribution in [-0.2, 0) is 73.0 Å². The predicted molar refractivity (Wildman–Crippen MR) is 335 cm³/mol. The fourth-order valence-corrected chi connectivity index (χ4v) is 11.0. The molecule has 0 saturated carbocycles. The molecule has 9 rings (SSSR count). The number of aliphatic hydroxyl groups is 5. The molecule has 6 aromatic rings. The van der Waals surface area contributed by atoms with Gasteiger partial charge in [0.15, 0.2) is 37.0 Å². The molecular formula is C71H77NO24. The zero-order chi connectivity index (χ0) is 69.0. The lowest BCUT2D eigenvalue weighted by atomic mass is 9.88. The Balaban J connectivity index is 1.21. The van der Waals surface area contributed by atoms with E-state index in [0.29, 0.717) is 5.56 Å². The highest BCUT2D eigenvalue weighted by molar-refractivity contribution is 5.92. The lowest BCUT2D eigenvalue weighted by Gasteiger charge is -2.49. The van der Waals surface area contributed by atoms with E-state index >= 15 is 0 Å². The fraction of sp³-hybridized carbons (Fsp3) is 0.394. The first-order valence-electron chi connectivity index (χ1n) is 30.9. The van der Waals surface area contributed by atoms with Crippen molar-refractivity contribution in [2.45, 2.75) is 152 Å². The van der Waals surface area contributed by atoms with Crippen molar-refractivity contribution in [3.63, 3.8) is 0 Å². The molecule has 6 aromatic carbocycles. The molecule has 1 amide bonds. The molecule has 0 unspecified atom stereocenters. The minimum Gasteiger partial charge on any atom is -0.465 e. The largest absolute Gasteiger partial charge is 0.465 e. The highest BCUT2D eigenvalue weighted by Gasteiger charge is 2.60. The van der Waals surface area contributed by atoms with Crippen LogP contribution in [0.15, 0.2) is 152 Å². The van der Waals surface area contributed by atoms with Crippen LogP contribution < -0.4 is 5.32 Å². The molecule has 16 atom stereocenters. The highest BCUT2D eigenvalue weighted by atomic mass is 16.8. The third kappa shape index (κ3) is 17.6. The number of carbonyl (C=O) groups is 7. The van der Waals surface area contributed by atoms with Gasteiger partial charge in [-0.1, -0.05) is 119 Å². The summed E-state index contributed by atoms with van der Waals surface area (Å²) in [7, 11) is 0.922. The van der Waals surface area contributed by atoms with E-state index in [-0.39, 0.29) is 34.4 Å². The molecule has 25 heteroatoms. The minimum atomic E-state index is -2.84. The number of aryl methyl sites for hydroxylation is 5. The van der Waals surface area contributed by atoms with Gasteiger partial charge in [-0.05, 0) is 101 Å². The molecule has 0 aromatic heterocycles. The Labute approximate surface area is 552 Å². The smallest absolute Gasteiger partial charge is 0.366 e. The van der Waals surface area contributed by atoms with Gasteiger partial charge in [0.05, 0.1) is 66.9 Å². The van der Waals surface area contributed by atoms with E-state index in [4.69, 9.17) is 56.8 Å². The van der Waals surface area contributed by atoms with E-state index in [9.17, 15) is 59.1 Å². The molecule has 510 valence electrons. The third-order valence-electron chi connectivity index (χ3n) is 16.4. The molecular weight excluding hydrogens is 1250 g/mol. The summed E-state index contributed by atoms with van der Waals surface area (Å²) in [5, 5.41) is 58.9. The molecule has 0 spiro atoms. The van der Waals surface area contributed by atoms with Crippen molar-refractivity contribution >= 4 is 41.7 Å². The second kappa shape index (κ2) is 32.3. The topological polar surface area (TPSA) is 343 Å². The molecule has 3 heterocycles. The first-order valence-corrected chi connectivity index (χ1v) is 30.9. The normalized spacial score (nSPS) is 26.2. The van der Waals surface area contributed by atoms with Crippen LogP contribution in [0.2, 0.25) is 0 Å². The van der Waals surface area contributed by atoms with Crippen LogP contribution in [-0.4, -0.2) is 192 Å². The summed E-state index contributed by atoms with van der Waals surface area (Å²) >= 11 is 0. The lowest BCUT2D eigenvalue weighted by Crippen LogP contribution is -2.69. The molecule has 0 aliphatic carbocycles. The second-order valence-corrected chi connectivity index (χ2v) is 23.8. The van der Waals surface area contributed by atoms with E-state index in [2.05, 4.69) is 5.32 Å². The van der Waals surface area contributed by atoms with Crippen LogP contribution in [0.5, 0.6) is 0 Å². The van der Waals surface area contributed by atoms with E-state index in [1.807, 2.05) is 6.92 Å². The molecule has 0 radical (unpaired) electrons. The van der Waals surface area contributed by atoms with Gasteiger partial charge in [-0.3, -0.25) is 4.79 Å². The number of rotatable bonds is 24. The molecule has 3 aliphatic rings. The molecule has 3 saturated heterocycles. The quantitative estimate of drug-likeness (QED) is 0.0345. The van der Waals surface area contributed by atoms with Crippen molar-refractivity contribution in [1.29, 1.82) is 0 Å². The molecule has 6 N–H and O–H groups in total. The number of esters is 6. The standard InChI is InChI=1S/C71H77NO24/c1-38-13-23-45(24-14-38)63(79)86-36-53-57(60(92-65(81)47-27-17-40(3)18-28-47)62(94-67(83)49-31-21-42(5)22-32-49)68(90-53)87-35-44-11-9-8-10-12-44)95-69-61(93-66(82)48-29-19-41(4)20-30-48)59(91-64(80)46-25-15-39(2)16-26-46)56(78)52(89-69)37-88-71(70(84)85-7)33-50(75)54(72-43(6)74)58(96-71)55(77)51(76)34-73/h8-32,50-62,68-69,73,75-78H,33-37H2,1-7H3,(H,72,74)/t50-,51+,52+,53+,54+,55+,56-,57+,58+,59-,60-,61+,62+,68+,69-,71+/m0/s1. The number of nitrogens with one attached hydrogen (secondary N) is 1. The van der Waals surface area contributed by atoms with Gasteiger partial charge < -0.3 is 87.7 Å². The van der Waals surface area contributed by atoms with Gasteiger partial charge in [0, 0.05) is 13.3 Å². The SMILES string of the molecule is COC(=O)[C@@]1(OC[C@H]2O[C@@H](O[C@H]3[C@H](OC(=O)c4ccc(C)cc4)[C@@H](OC(=O)c4ccc(C)cc4)[C@H](OCc4ccccc4)O[C@@H]3COC(=O)c3ccc(C)cc3)[C@H](OC(=O)c3ccc(C)cc3)[C@@H](OC(=O)c3ccc(C)cc3)[C@H]2O)C[C@H](O)[C@@H](NC(C)=O)[C@H]([C@H](O)[C@H](O)CO)O1. The average Bonchev–Trinajstić information content (AvgIpc) is 0.760. The summed E-state index contributed by atoms with van der Waals surface area (Å²) in [6.07, 6.45) is -28.7. The zero-order valence-electron chi connectivity index (χ0n) is 53.6. The van der Waals surface area contributed by atoms with Crippen LogP contribution >= 0.6 is 0 Å². The number of benzene rings is 6. The summed E-state index contributed by atoms with van der Waals surface area (Å²) in [5.41, 5.74) is 4.46. The summed E-state index contributed by atoms with van der Waals surface area (Å²) in [6, 6.07) is 38.3. The van der Waals surface area contributed by atoms with Crippen LogP contribution in [0.3, 0.4) is 0 Å². The molecule has 96 heavy (non-hydrogen) atoms. The zero-order valence-corrected chi connectivity index (χ0v) is 53.6. The number of hydrogen-bond acceptors (Lipinski definition) is 24. The average molecular weight is 1330 g/mol. The van der Waals surface area contributed by atoms with Gasteiger partial charge in [0.2, 0.25) is 5.91 Å². The molecule has 0 bridgehead atoms. The number of methoxy groups -OCH3 is 1. The van der Waals surface area contributed by atoms with Crippen molar-refractivity contribution < 1.29 is 116 Å². The van der Waals surface area contributed by atoms with Crippen LogP contribution in [0.25, 0.3) is 0 Å². The Morgan fingerprint density at radius 2 is 0.969 bits per heavy atom. The number of carbonyl (C=O) groups excluding carboxylic acids is 7. The lowest BCUT2D eigenvalue weighted by molar-refractivity contribution is -0.366. The Morgan fingerprint density at radius 1 is 0.542 bits per heavy atom. The summed E-state index contributed by atoms with van der Waals surface area (Å²) in [5.74, 6) is -10.0. The Hall–Kier alpha value is -8.83. The third-order valence-corrected chi connectivity index (χ3v) is 16.4. The second-order valence-electron chi connectivity index (χ2n) is 23.8. The van der Waals surface area contributed by atoms with E-state index < -0.39 is 166 Å². The van der Waals surface area contributed by atoms with Crippen LogP contribution in [0.1, 0.15) is 98.5 Å². The van der Waals surface area contributed by atoms with Gasteiger partial charge >= 0.3 is 35.8 Å². The fourth-order valence-electron chi connectivity index (χ4n) is 11.0. The Morgan fingerprint density at radius 3 is 1.42 bits per heavy atom. The van der Waals surface area contributed by atoms with Gasteiger partial charge in [-0.15, -0.1) is 0 Å². The maximum Gasteiger partial charge on any atom is 0.366 e. The van der Waals surface area contributed by atoms with Crippen LogP contribution in [0.4, 0.5) is 0 Å². The molecule has 3 fully saturated rings. The number of aliphatic hydroxyl groups excluding tert-OH is 5. The van der Waals surface area contributed by atoms with Gasteiger partial charge in [0.25, 0.3) is 5.79 Å². The Bertz CT molecular complexity index is 3630. The summed E-state index contributed by atoms with van der Waals surface area (Å²) in [4.78, 5) is 99.7. The first kappa shape index (κ1) is 71.5.